The van der Waals surface area contributed by atoms with E-state index >= 15 is 0 Å². The standard InChI is InChI=1S/C17H18N4O6/c22-15(18-5-7-19(8-6-18)16(23)11-1-2-11)10-20-13-4-3-12(21(25)26)9-14(13)27-17(20)24/h3-4,9,11H,1-2,5-8,10H2. The zero-order valence-corrected chi connectivity index (χ0v) is 14.5. The lowest BCUT2D eigenvalue weighted by atomic mass is 10.2. The fraction of sp³-hybridized carbons (Fsp3) is 0.471. The van der Waals surface area contributed by atoms with Crippen molar-refractivity contribution in [2.24, 2.45) is 5.92 Å². The first-order valence-corrected chi connectivity index (χ1v) is 8.78. The Hall–Kier alpha value is -3.17. The number of rotatable bonds is 4. The van der Waals surface area contributed by atoms with Gasteiger partial charge in [0.25, 0.3) is 5.69 Å². The van der Waals surface area contributed by atoms with Gasteiger partial charge < -0.3 is 14.2 Å². The van der Waals surface area contributed by atoms with E-state index in [-0.39, 0.29) is 35.5 Å². The fourth-order valence-corrected chi connectivity index (χ4v) is 3.32. The van der Waals surface area contributed by atoms with E-state index in [1.165, 1.54) is 22.8 Å². The number of hydrogen-bond donors (Lipinski definition) is 0. The number of nitro groups is 1. The molecule has 10 heteroatoms. The van der Waals surface area contributed by atoms with Gasteiger partial charge in [0, 0.05) is 38.2 Å². The number of hydrogen-bond acceptors (Lipinski definition) is 6. The molecular weight excluding hydrogens is 356 g/mol. The van der Waals surface area contributed by atoms with Crippen LogP contribution < -0.4 is 5.76 Å². The summed E-state index contributed by atoms with van der Waals surface area (Å²) >= 11 is 0. The van der Waals surface area contributed by atoms with Gasteiger partial charge in [-0.05, 0) is 18.9 Å². The highest BCUT2D eigenvalue weighted by Gasteiger charge is 2.35. The second-order valence-electron chi connectivity index (χ2n) is 6.84. The lowest BCUT2D eigenvalue weighted by Gasteiger charge is -2.35. The summed E-state index contributed by atoms with van der Waals surface area (Å²) in [6.45, 7) is 1.63. The van der Waals surface area contributed by atoms with Crippen LogP contribution >= 0.6 is 0 Å². The molecule has 0 atom stereocenters. The Morgan fingerprint density at radius 1 is 1.15 bits per heavy atom. The summed E-state index contributed by atoms with van der Waals surface area (Å²) in [7, 11) is 0. The Bertz CT molecular complexity index is 981. The number of piperazine rings is 1. The van der Waals surface area contributed by atoms with Crippen molar-refractivity contribution in [1.82, 2.24) is 14.4 Å². The number of carbonyl (C=O) groups excluding carboxylic acids is 2. The molecular formula is C17H18N4O6. The van der Waals surface area contributed by atoms with E-state index in [4.69, 9.17) is 4.42 Å². The maximum absolute atomic E-state index is 12.6. The van der Waals surface area contributed by atoms with Crippen LogP contribution in [0.2, 0.25) is 0 Å². The van der Waals surface area contributed by atoms with Gasteiger partial charge in [-0.2, -0.15) is 0 Å². The molecule has 1 saturated carbocycles. The first kappa shape index (κ1) is 17.3. The van der Waals surface area contributed by atoms with Crippen molar-refractivity contribution in [3.63, 3.8) is 0 Å². The average Bonchev–Trinajstić information content (AvgIpc) is 3.46. The molecule has 0 spiro atoms. The van der Waals surface area contributed by atoms with Gasteiger partial charge in [-0.15, -0.1) is 0 Å². The second-order valence-corrected chi connectivity index (χ2v) is 6.84. The van der Waals surface area contributed by atoms with Gasteiger partial charge >= 0.3 is 5.76 Å². The third kappa shape index (κ3) is 3.29. The Labute approximate surface area is 153 Å². The minimum absolute atomic E-state index is 0.0712. The molecule has 0 bridgehead atoms. The van der Waals surface area contributed by atoms with Crippen molar-refractivity contribution >= 4 is 28.6 Å². The molecule has 142 valence electrons. The highest BCUT2D eigenvalue weighted by molar-refractivity contribution is 5.82. The molecule has 27 heavy (non-hydrogen) atoms. The molecule has 2 amide bonds. The van der Waals surface area contributed by atoms with E-state index in [2.05, 4.69) is 0 Å². The molecule has 2 aliphatic rings. The summed E-state index contributed by atoms with van der Waals surface area (Å²) < 4.78 is 6.21. The molecule has 1 aliphatic carbocycles. The monoisotopic (exact) mass is 374 g/mol. The van der Waals surface area contributed by atoms with E-state index in [1.807, 2.05) is 0 Å². The average molecular weight is 374 g/mol. The van der Waals surface area contributed by atoms with Crippen molar-refractivity contribution in [2.75, 3.05) is 26.2 Å². The Balaban J connectivity index is 1.45. The van der Waals surface area contributed by atoms with Gasteiger partial charge in [0.05, 0.1) is 16.5 Å². The van der Waals surface area contributed by atoms with Crippen molar-refractivity contribution in [2.45, 2.75) is 19.4 Å². The van der Waals surface area contributed by atoms with Crippen LogP contribution in [0.15, 0.2) is 27.4 Å². The summed E-state index contributed by atoms with van der Waals surface area (Å²) in [4.78, 5) is 50.4. The first-order valence-electron chi connectivity index (χ1n) is 8.78. The van der Waals surface area contributed by atoms with Gasteiger partial charge in [0.15, 0.2) is 5.58 Å². The van der Waals surface area contributed by atoms with E-state index in [9.17, 15) is 24.5 Å². The quantitative estimate of drug-likeness (QED) is 0.571. The Morgan fingerprint density at radius 3 is 2.44 bits per heavy atom. The lowest BCUT2D eigenvalue weighted by Crippen LogP contribution is -2.51. The van der Waals surface area contributed by atoms with Crippen molar-refractivity contribution < 1.29 is 18.9 Å². The van der Waals surface area contributed by atoms with Crippen LogP contribution in [0.25, 0.3) is 11.1 Å². The predicted molar refractivity (Wildman–Crippen MR) is 93.0 cm³/mol. The smallest absolute Gasteiger partial charge is 0.407 e. The maximum atomic E-state index is 12.6. The van der Waals surface area contributed by atoms with Crippen LogP contribution in [-0.2, 0) is 16.1 Å². The second kappa shape index (κ2) is 6.53. The normalized spacial score (nSPS) is 17.3. The van der Waals surface area contributed by atoms with E-state index in [0.717, 1.165) is 12.8 Å². The largest absolute Gasteiger partial charge is 0.420 e. The number of nitro benzene ring substituents is 1. The number of fused-ring (bicyclic) bond motifs is 1. The number of non-ortho nitro benzene ring substituents is 1. The highest BCUT2D eigenvalue weighted by Crippen LogP contribution is 2.31. The van der Waals surface area contributed by atoms with Crippen LogP contribution in [0, 0.1) is 16.0 Å². The molecule has 0 unspecified atom stereocenters. The van der Waals surface area contributed by atoms with Crippen LogP contribution in [0.1, 0.15) is 12.8 Å². The molecule has 2 aromatic rings. The van der Waals surface area contributed by atoms with Crippen LogP contribution in [-0.4, -0.2) is 57.3 Å². The molecule has 0 radical (unpaired) electrons. The summed E-state index contributed by atoms with van der Waals surface area (Å²) in [6.07, 6.45) is 1.90. The van der Waals surface area contributed by atoms with Gasteiger partial charge in [0.1, 0.15) is 6.54 Å². The molecule has 2 heterocycles. The summed E-state index contributed by atoms with van der Waals surface area (Å²) in [5.74, 6) is -0.661. The van der Waals surface area contributed by atoms with Gasteiger partial charge in [0.2, 0.25) is 11.8 Å². The van der Waals surface area contributed by atoms with Gasteiger partial charge in [-0.1, -0.05) is 0 Å². The highest BCUT2D eigenvalue weighted by atomic mass is 16.6. The molecule has 2 fully saturated rings. The van der Waals surface area contributed by atoms with E-state index in [1.54, 1.807) is 9.80 Å². The van der Waals surface area contributed by atoms with Crippen molar-refractivity contribution in [1.29, 1.82) is 0 Å². The molecule has 10 nitrogen and oxygen atoms in total. The maximum Gasteiger partial charge on any atom is 0.420 e. The van der Waals surface area contributed by atoms with Crippen molar-refractivity contribution in [3.05, 3.63) is 38.9 Å². The third-order valence-corrected chi connectivity index (χ3v) is 5.03. The minimum Gasteiger partial charge on any atom is -0.407 e. The topological polar surface area (TPSA) is 119 Å². The first-order chi connectivity index (χ1) is 12.9. The zero-order valence-electron chi connectivity index (χ0n) is 14.5. The number of aromatic nitrogens is 1. The summed E-state index contributed by atoms with van der Waals surface area (Å²) in [5, 5.41) is 10.8. The molecule has 4 rings (SSSR count). The van der Waals surface area contributed by atoms with E-state index < -0.39 is 10.7 Å². The van der Waals surface area contributed by atoms with Crippen LogP contribution in [0.5, 0.6) is 0 Å². The van der Waals surface area contributed by atoms with Crippen LogP contribution in [0.3, 0.4) is 0 Å². The molecule has 1 aliphatic heterocycles. The Morgan fingerprint density at radius 2 is 1.81 bits per heavy atom. The minimum atomic E-state index is -0.735. The zero-order chi connectivity index (χ0) is 19.1. The fourth-order valence-electron chi connectivity index (χ4n) is 3.32. The number of oxazole rings is 1. The van der Waals surface area contributed by atoms with Gasteiger partial charge in [-0.25, -0.2) is 4.79 Å². The van der Waals surface area contributed by atoms with Gasteiger partial charge in [-0.3, -0.25) is 24.3 Å². The van der Waals surface area contributed by atoms with E-state index in [0.29, 0.717) is 31.7 Å². The summed E-state index contributed by atoms with van der Waals surface area (Å²) in [5.41, 5.74) is 0.217. The molecule has 0 N–H and O–H groups in total. The van der Waals surface area contributed by atoms with Crippen molar-refractivity contribution in [3.8, 4) is 0 Å². The molecule has 1 saturated heterocycles. The third-order valence-electron chi connectivity index (χ3n) is 5.03. The lowest BCUT2D eigenvalue weighted by molar-refractivity contribution is -0.384. The predicted octanol–water partition coefficient (Wildman–Crippen LogP) is 0.583. The molecule has 1 aromatic carbocycles. The molecule has 1 aromatic heterocycles. The summed E-state index contributed by atoms with van der Waals surface area (Å²) in [6, 6.07) is 3.83. The number of carbonyl (C=O) groups is 2. The van der Waals surface area contributed by atoms with Crippen LogP contribution in [0.4, 0.5) is 5.69 Å². The number of nitrogens with zero attached hydrogens (tertiary/aromatic N) is 4. The number of benzene rings is 1. The number of amides is 2. The Kier molecular flexibility index (Phi) is 4.17. The SMILES string of the molecule is O=C(Cn1c(=O)oc2cc([N+](=O)[O-])ccc21)N1CCN(C(=O)C2CC2)CC1.